The highest BCUT2D eigenvalue weighted by Crippen LogP contribution is 2.46. The van der Waals surface area contributed by atoms with Crippen LogP contribution in [0.15, 0.2) is 46.5 Å². The topological polar surface area (TPSA) is 141 Å². The molecule has 1 atom stereocenters. The molecule has 1 aromatic heterocycles. The summed E-state index contributed by atoms with van der Waals surface area (Å²) in [4.78, 5) is 37.3. The Morgan fingerprint density at radius 1 is 1.23 bits per heavy atom. The van der Waals surface area contributed by atoms with Crippen LogP contribution in [0.25, 0.3) is 5.70 Å². The van der Waals surface area contributed by atoms with Crippen LogP contribution in [0.2, 0.25) is 0 Å². The number of hydrogen-bond donors (Lipinski definition) is 1. The molecule has 0 amide bonds. The van der Waals surface area contributed by atoms with Crippen molar-refractivity contribution in [3.8, 4) is 11.1 Å². The number of ether oxygens (including phenoxy) is 3. The van der Waals surface area contributed by atoms with Crippen LogP contribution in [-0.2, 0) is 19.1 Å². The number of nitrogens with one attached hydrogen (secondary N) is 1. The van der Waals surface area contributed by atoms with Crippen molar-refractivity contribution in [3.05, 3.63) is 73.3 Å². The SMILES string of the molecule is COC(=O)C1=C(C)NC(c2c(C)csc2OC)=C(C(=O)OCCC#N)C1c1cccc([N+](=O)[O-])c1. The Morgan fingerprint density at radius 2 is 1.97 bits per heavy atom. The predicted molar refractivity (Wildman–Crippen MR) is 127 cm³/mol. The van der Waals surface area contributed by atoms with Gasteiger partial charge in [-0.2, -0.15) is 5.26 Å². The maximum absolute atomic E-state index is 13.5. The third-order valence-corrected chi connectivity index (χ3v) is 6.48. The van der Waals surface area contributed by atoms with Gasteiger partial charge in [0.15, 0.2) is 5.06 Å². The van der Waals surface area contributed by atoms with Gasteiger partial charge < -0.3 is 19.5 Å². The van der Waals surface area contributed by atoms with Crippen LogP contribution >= 0.6 is 11.3 Å². The highest BCUT2D eigenvalue weighted by Gasteiger charge is 2.40. The molecule has 2 heterocycles. The lowest BCUT2D eigenvalue weighted by atomic mass is 9.79. The average Bonchev–Trinajstić information content (AvgIpc) is 3.23. The molecular formula is C24H23N3O7S. The standard InChI is InChI=1S/C24H23N3O7S/c1-13-12-35-24(33-4)17(13)21-20(23(29)34-10-6-9-25)19(18(14(2)26-21)22(28)32-3)15-7-5-8-16(11-15)27(30)31/h5,7-8,11-12,19,26H,6,10H2,1-4H3. The molecule has 1 aliphatic heterocycles. The number of hydrogen-bond acceptors (Lipinski definition) is 10. The van der Waals surface area contributed by atoms with Gasteiger partial charge in [-0.3, -0.25) is 10.1 Å². The number of non-ortho nitro benzene ring substituents is 1. The van der Waals surface area contributed by atoms with Crippen molar-refractivity contribution < 1.29 is 28.7 Å². The summed E-state index contributed by atoms with van der Waals surface area (Å²) in [5, 5.41) is 25.9. The number of thiophene rings is 1. The highest BCUT2D eigenvalue weighted by molar-refractivity contribution is 7.12. The first-order valence-electron chi connectivity index (χ1n) is 10.5. The fourth-order valence-electron chi connectivity index (χ4n) is 3.91. The number of rotatable bonds is 8. The second-order valence-electron chi connectivity index (χ2n) is 7.56. The number of nitro groups is 1. The molecule has 1 aliphatic rings. The Kier molecular flexibility index (Phi) is 7.88. The highest BCUT2D eigenvalue weighted by atomic mass is 32.1. The number of carbonyl (C=O) groups is 2. The largest absolute Gasteiger partial charge is 0.487 e. The molecule has 0 radical (unpaired) electrons. The lowest BCUT2D eigenvalue weighted by molar-refractivity contribution is -0.384. The van der Waals surface area contributed by atoms with E-state index in [1.165, 1.54) is 43.8 Å². The van der Waals surface area contributed by atoms with Crippen molar-refractivity contribution in [3.63, 3.8) is 0 Å². The van der Waals surface area contributed by atoms with E-state index in [-0.39, 0.29) is 29.9 Å². The molecule has 35 heavy (non-hydrogen) atoms. The summed E-state index contributed by atoms with van der Waals surface area (Å²) < 4.78 is 15.9. The molecule has 1 N–H and O–H groups in total. The Balaban J connectivity index is 2.36. The molecule has 1 unspecified atom stereocenters. The lowest BCUT2D eigenvalue weighted by Gasteiger charge is -2.31. The summed E-state index contributed by atoms with van der Waals surface area (Å²) in [6.45, 7) is 3.34. The summed E-state index contributed by atoms with van der Waals surface area (Å²) >= 11 is 1.33. The molecule has 182 valence electrons. The van der Waals surface area contributed by atoms with Gasteiger partial charge in [-0.25, -0.2) is 9.59 Å². The number of esters is 2. The first-order valence-corrected chi connectivity index (χ1v) is 11.3. The van der Waals surface area contributed by atoms with E-state index in [1.807, 2.05) is 18.4 Å². The van der Waals surface area contributed by atoms with E-state index in [9.17, 15) is 19.7 Å². The normalized spacial score (nSPS) is 15.2. The minimum atomic E-state index is -1.04. The van der Waals surface area contributed by atoms with E-state index in [1.54, 1.807) is 13.0 Å². The number of nitrogens with zero attached hydrogens (tertiary/aromatic N) is 2. The van der Waals surface area contributed by atoms with Crippen LogP contribution in [0.3, 0.4) is 0 Å². The molecular weight excluding hydrogens is 474 g/mol. The van der Waals surface area contributed by atoms with Crippen molar-refractivity contribution >= 4 is 34.7 Å². The van der Waals surface area contributed by atoms with Crippen LogP contribution in [0.1, 0.15) is 36.0 Å². The Morgan fingerprint density at radius 3 is 2.60 bits per heavy atom. The van der Waals surface area contributed by atoms with Gasteiger partial charge in [-0.15, -0.1) is 11.3 Å². The molecule has 1 aromatic carbocycles. The zero-order chi connectivity index (χ0) is 25.7. The number of nitro benzene ring substituents is 1. The molecule has 10 nitrogen and oxygen atoms in total. The second-order valence-corrected chi connectivity index (χ2v) is 8.40. The van der Waals surface area contributed by atoms with E-state index in [4.69, 9.17) is 19.5 Å². The van der Waals surface area contributed by atoms with Gasteiger partial charge in [-0.05, 0) is 30.4 Å². The first kappa shape index (κ1) is 25.5. The molecule has 3 rings (SSSR count). The van der Waals surface area contributed by atoms with Gasteiger partial charge in [0.2, 0.25) is 0 Å². The minimum absolute atomic E-state index is 0.0250. The van der Waals surface area contributed by atoms with E-state index >= 15 is 0 Å². The van der Waals surface area contributed by atoms with Crippen LogP contribution < -0.4 is 10.1 Å². The van der Waals surface area contributed by atoms with E-state index in [0.29, 0.717) is 27.6 Å². The lowest BCUT2D eigenvalue weighted by Crippen LogP contribution is -2.32. The smallest absolute Gasteiger partial charge is 0.337 e. The summed E-state index contributed by atoms with van der Waals surface area (Å²) in [7, 11) is 2.72. The second kappa shape index (κ2) is 10.8. The molecule has 0 bridgehead atoms. The third-order valence-electron chi connectivity index (χ3n) is 5.43. The zero-order valence-electron chi connectivity index (χ0n) is 19.5. The Hall–Kier alpha value is -4.17. The molecule has 0 spiro atoms. The number of carbonyl (C=O) groups excluding carboxylic acids is 2. The van der Waals surface area contributed by atoms with Crippen molar-refractivity contribution in [2.24, 2.45) is 0 Å². The fourth-order valence-corrected chi connectivity index (χ4v) is 4.79. The molecule has 0 saturated heterocycles. The van der Waals surface area contributed by atoms with Gasteiger partial charge in [0.25, 0.3) is 5.69 Å². The fraction of sp³-hybridized carbons (Fsp3) is 0.292. The number of benzene rings is 1. The van der Waals surface area contributed by atoms with Crippen molar-refractivity contribution in [2.75, 3.05) is 20.8 Å². The Labute approximate surface area is 205 Å². The first-order chi connectivity index (χ1) is 16.7. The zero-order valence-corrected chi connectivity index (χ0v) is 20.4. The predicted octanol–water partition coefficient (Wildman–Crippen LogP) is 3.98. The summed E-state index contributed by atoms with van der Waals surface area (Å²) in [5.74, 6) is -2.53. The molecule has 11 heteroatoms. The molecule has 0 saturated carbocycles. The number of methoxy groups -OCH3 is 2. The van der Waals surface area contributed by atoms with Gasteiger partial charge in [0.1, 0.15) is 6.61 Å². The maximum Gasteiger partial charge on any atom is 0.337 e. The monoisotopic (exact) mass is 497 g/mol. The van der Waals surface area contributed by atoms with Crippen molar-refractivity contribution in [1.29, 1.82) is 5.26 Å². The van der Waals surface area contributed by atoms with Gasteiger partial charge in [0, 0.05) is 17.8 Å². The van der Waals surface area contributed by atoms with E-state index in [2.05, 4.69) is 5.32 Å². The van der Waals surface area contributed by atoms with Gasteiger partial charge >= 0.3 is 11.9 Å². The van der Waals surface area contributed by atoms with E-state index < -0.39 is 22.8 Å². The Bertz CT molecular complexity index is 1290. The quantitative estimate of drug-likeness (QED) is 0.248. The minimum Gasteiger partial charge on any atom is -0.487 e. The van der Waals surface area contributed by atoms with E-state index in [0.717, 1.165) is 5.56 Å². The third kappa shape index (κ3) is 5.02. The van der Waals surface area contributed by atoms with Crippen LogP contribution in [-0.4, -0.2) is 37.7 Å². The van der Waals surface area contributed by atoms with Crippen LogP contribution in [0.5, 0.6) is 5.06 Å². The molecule has 0 fully saturated rings. The van der Waals surface area contributed by atoms with Crippen molar-refractivity contribution in [1.82, 2.24) is 5.32 Å². The van der Waals surface area contributed by atoms with Gasteiger partial charge in [-0.1, -0.05) is 12.1 Å². The number of aryl methyl sites for hydroxylation is 1. The van der Waals surface area contributed by atoms with Crippen LogP contribution in [0.4, 0.5) is 5.69 Å². The van der Waals surface area contributed by atoms with Crippen molar-refractivity contribution in [2.45, 2.75) is 26.2 Å². The summed E-state index contributed by atoms with van der Waals surface area (Å²) in [6.07, 6.45) is -0.0250. The summed E-state index contributed by atoms with van der Waals surface area (Å²) in [6, 6.07) is 7.62. The number of nitriles is 1. The average molecular weight is 498 g/mol. The van der Waals surface area contributed by atoms with Crippen LogP contribution in [0, 0.1) is 28.4 Å². The van der Waals surface area contributed by atoms with Gasteiger partial charge in [0.05, 0.1) is 60.0 Å². The maximum atomic E-state index is 13.5. The number of dihydropyridines is 1. The molecule has 0 aliphatic carbocycles. The molecule has 2 aromatic rings. The number of allylic oxidation sites excluding steroid dienone is 1. The summed E-state index contributed by atoms with van der Waals surface area (Å²) in [5.41, 5.74) is 2.45.